The van der Waals surface area contributed by atoms with Gasteiger partial charge in [0.2, 0.25) is 0 Å². The summed E-state index contributed by atoms with van der Waals surface area (Å²) in [6, 6.07) is 89.1. The highest BCUT2D eigenvalue weighted by molar-refractivity contribution is 6.06. The molecule has 0 bridgehead atoms. The van der Waals surface area contributed by atoms with Crippen LogP contribution in [0.4, 0.5) is 17.1 Å². The molecule has 0 aliphatic rings. The second-order valence-electron chi connectivity index (χ2n) is 15.7. The summed E-state index contributed by atoms with van der Waals surface area (Å²) in [6.07, 6.45) is 0. The third-order valence-electron chi connectivity index (χ3n) is 12.0. The van der Waals surface area contributed by atoms with E-state index in [0.717, 1.165) is 39.0 Å². The van der Waals surface area contributed by atoms with Crippen LogP contribution in [0.3, 0.4) is 0 Å². The van der Waals surface area contributed by atoms with Gasteiger partial charge >= 0.3 is 0 Å². The van der Waals surface area contributed by atoms with Gasteiger partial charge in [0, 0.05) is 27.8 Å². The Hall–Kier alpha value is -8.20. The molecule has 0 radical (unpaired) electrons. The molecule has 0 aliphatic carbocycles. The van der Waals surface area contributed by atoms with Crippen molar-refractivity contribution >= 4 is 39.0 Å². The summed E-state index contributed by atoms with van der Waals surface area (Å²) in [4.78, 5) is 2.34. The zero-order chi connectivity index (χ0) is 41.2. The SMILES string of the molecule is c1ccc(-c2ccc(-c3ccc(N(c4ccc(-c5ccc(-c6ccccc6)cc5)cc4)c4ccc(-c5ccc(-c6ccc7oc8ccccc8c7c6)cc5)cc4)cc3)cc2)cc1. The Balaban J connectivity index is 0.887. The molecule has 0 aliphatic heterocycles. The molecule has 2 nitrogen and oxygen atoms in total. The van der Waals surface area contributed by atoms with Gasteiger partial charge in [0.15, 0.2) is 0 Å². The molecule has 2 heteroatoms. The molecular formula is C60H41NO. The van der Waals surface area contributed by atoms with E-state index in [1.165, 1.54) is 66.8 Å². The number of hydrogen-bond donors (Lipinski definition) is 0. The molecule has 10 aromatic carbocycles. The highest BCUT2D eigenvalue weighted by Gasteiger charge is 2.15. The maximum absolute atomic E-state index is 6.08. The third-order valence-corrected chi connectivity index (χ3v) is 12.0. The minimum atomic E-state index is 0.912. The first kappa shape index (κ1) is 36.8. The minimum Gasteiger partial charge on any atom is -0.456 e. The number of nitrogens with zero attached hydrogens (tertiary/aromatic N) is 1. The van der Waals surface area contributed by atoms with Gasteiger partial charge < -0.3 is 9.32 Å². The summed E-state index contributed by atoms with van der Waals surface area (Å²) in [6.45, 7) is 0. The number of benzene rings is 10. The second kappa shape index (κ2) is 16.1. The first-order chi connectivity index (χ1) is 30.7. The standard InChI is InChI=1S/C60H41NO/c1-3-9-42(10-4-1)44-15-19-46(20-16-44)49-27-34-54(35-28-49)61(55-36-29-50(30-37-55)47-21-17-45(18-22-47)43-11-5-2-6-12-43)56-38-31-51(32-39-56)48-23-25-52(26-24-48)53-33-40-60-58(41-53)57-13-7-8-14-59(57)62-60/h1-41H. The van der Waals surface area contributed by atoms with Gasteiger partial charge in [0.05, 0.1) is 0 Å². The van der Waals surface area contributed by atoms with Crippen LogP contribution >= 0.6 is 0 Å². The lowest BCUT2D eigenvalue weighted by atomic mass is 9.98. The predicted molar refractivity (Wildman–Crippen MR) is 261 cm³/mol. The van der Waals surface area contributed by atoms with Crippen LogP contribution in [0.5, 0.6) is 0 Å². The topological polar surface area (TPSA) is 16.4 Å². The van der Waals surface area contributed by atoms with Crippen molar-refractivity contribution in [1.82, 2.24) is 0 Å². The van der Waals surface area contributed by atoms with Crippen LogP contribution < -0.4 is 4.90 Å². The number of furan rings is 1. The number of anilines is 3. The quantitative estimate of drug-likeness (QED) is 0.145. The highest BCUT2D eigenvalue weighted by Crippen LogP contribution is 2.39. The summed E-state index contributed by atoms with van der Waals surface area (Å²) in [5, 5.41) is 2.28. The summed E-state index contributed by atoms with van der Waals surface area (Å²) >= 11 is 0. The number of rotatable bonds is 9. The van der Waals surface area contributed by atoms with Gasteiger partial charge in [-0.3, -0.25) is 0 Å². The number of fused-ring (bicyclic) bond motifs is 3. The van der Waals surface area contributed by atoms with Gasteiger partial charge in [0.1, 0.15) is 11.2 Å². The van der Waals surface area contributed by atoms with Crippen molar-refractivity contribution in [2.45, 2.75) is 0 Å². The molecule has 62 heavy (non-hydrogen) atoms. The molecule has 0 atom stereocenters. The van der Waals surface area contributed by atoms with E-state index in [1.807, 2.05) is 12.1 Å². The number of hydrogen-bond acceptors (Lipinski definition) is 2. The van der Waals surface area contributed by atoms with E-state index < -0.39 is 0 Å². The fourth-order valence-corrected chi connectivity index (χ4v) is 8.59. The first-order valence-corrected chi connectivity index (χ1v) is 21.1. The lowest BCUT2D eigenvalue weighted by Gasteiger charge is -2.26. The van der Waals surface area contributed by atoms with Crippen LogP contribution in [0.15, 0.2) is 253 Å². The molecule has 1 heterocycles. The van der Waals surface area contributed by atoms with Crippen LogP contribution in [-0.4, -0.2) is 0 Å². The number of para-hydroxylation sites is 1. The van der Waals surface area contributed by atoms with Gasteiger partial charge in [-0.2, -0.15) is 0 Å². The smallest absolute Gasteiger partial charge is 0.135 e. The molecule has 11 aromatic rings. The zero-order valence-corrected chi connectivity index (χ0v) is 34.0. The van der Waals surface area contributed by atoms with E-state index in [-0.39, 0.29) is 0 Å². The first-order valence-electron chi connectivity index (χ1n) is 21.1. The van der Waals surface area contributed by atoms with Crippen molar-refractivity contribution in [2.75, 3.05) is 4.90 Å². The van der Waals surface area contributed by atoms with Crippen LogP contribution in [0.2, 0.25) is 0 Å². The third kappa shape index (κ3) is 7.25. The molecule has 0 unspecified atom stereocenters. The monoisotopic (exact) mass is 791 g/mol. The molecule has 11 rings (SSSR count). The summed E-state index contributed by atoms with van der Waals surface area (Å²) in [7, 11) is 0. The molecule has 0 saturated heterocycles. The lowest BCUT2D eigenvalue weighted by molar-refractivity contribution is 0.669. The fourth-order valence-electron chi connectivity index (χ4n) is 8.59. The van der Waals surface area contributed by atoms with E-state index in [1.54, 1.807) is 0 Å². The minimum absolute atomic E-state index is 0.912. The highest BCUT2D eigenvalue weighted by atomic mass is 16.3. The van der Waals surface area contributed by atoms with Crippen molar-refractivity contribution in [3.63, 3.8) is 0 Å². The molecular weight excluding hydrogens is 751 g/mol. The largest absolute Gasteiger partial charge is 0.456 e. The van der Waals surface area contributed by atoms with Crippen LogP contribution in [0, 0.1) is 0 Å². The van der Waals surface area contributed by atoms with Gasteiger partial charge in [-0.05, 0) is 121 Å². The van der Waals surface area contributed by atoms with E-state index in [2.05, 4.69) is 241 Å². The van der Waals surface area contributed by atoms with E-state index in [9.17, 15) is 0 Å². The van der Waals surface area contributed by atoms with Crippen LogP contribution in [0.25, 0.3) is 88.7 Å². The second-order valence-corrected chi connectivity index (χ2v) is 15.7. The van der Waals surface area contributed by atoms with Gasteiger partial charge in [-0.15, -0.1) is 0 Å². The van der Waals surface area contributed by atoms with Crippen molar-refractivity contribution in [3.05, 3.63) is 249 Å². The Kier molecular flexibility index (Phi) is 9.57. The molecule has 0 N–H and O–H groups in total. The van der Waals surface area contributed by atoms with Crippen LogP contribution in [-0.2, 0) is 0 Å². The molecule has 0 amide bonds. The van der Waals surface area contributed by atoms with Crippen molar-refractivity contribution in [3.8, 4) is 66.8 Å². The average Bonchev–Trinajstić information content (AvgIpc) is 3.74. The molecule has 1 aromatic heterocycles. The maximum Gasteiger partial charge on any atom is 0.135 e. The fraction of sp³-hybridized carbons (Fsp3) is 0. The molecule has 0 saturated carbocycles. The van der Waals surface area contributed by atoms with Crippen LogP contribution in [0.1, 0.15) is 0 Å². The maximum atomic E-state index is 6.08. The van der Waals surface area contributed by atoms with E-state index in [4.69, 9.17) is 4.42 Å². The average molecular weight is 792 g/mol. The molecule has 0 fully saturated rings. The Morgan fingerprint density at radius 3 is 0.871 bits per heavy atom. The van der Waals surface area contributed by atoms with Gasteiger partial charge in [-0.25, -0.2) is 0 Å². The Morgan fingerprint density at radius 2 is 0.484 bits per heavy atom. The van der Waals surface area contributed by atoms with E-state index in [0.29, 0.717) is 0 Å². The van der Waals surface area contributed by atoms with Crippen molar-refractivity contribution in [1.29, 1.82) is 0 Å². The Labute approximate surface area is 362 Å². The van der Waals surface area contributed by atoms with Crippen molar-refractivity contribution < 1.29 is 4.42 Å². The predicted octanol–water partition coefficient (Wildman–Crippen LogP) is 17.1. The molecule has 0 spiro atoms. The zero-order valence-electron chi connectivity index (χ0n) is 34.0. The normalized spacial score (nSPS) is 11.2. The van der Waals surface area contributed by atoms with Gasteiger partial charge in [0.25, 0.3) is 0 Å². The lowest BCUT2D eigenvalue weighted by Crippen LogP contribution is -2.09. The summed E-state index contributed by atoms with van der Waals surface area (Å²) in [5.74, 6) is 0. The van der Waals surface area contributed by atoms with E-state index >= 15 is 0 Å². The van der Waals surface area contributed by atoms with Gasteiger partial charge in [-0.1, -0.05) is 194 Å². The summed E-state index contributed by atoms with van der Waals surface area (Å²) in [5.41, 5.74) is 19.4. The summed E-state index contributed by atoms with van der Waals surface area (Å²) < 4.78 is 6.08. The Bertz CT molecular complexity index is 3130. The van der Waals surface area contributed by atoms with Crippen molar-refractivity contribution in [2.24, 2.45) is 0 Å². The Morgan fingerprint density at radius 1 is 0.210 bits per heavy atom. The molecule has 292 valence electrons.